The summed E-state index contributed by atoms with van der Waals surface area (Å²) in [7, 11) is 0. The lowest BCUT2D eigenvalue weighted by atomic mass is 10.2. The van der Waals surface area contributed by atoms with Gasteiger partial charge in [0.1, 0.15) is 13.2 Å². The van der Waals surface area contributed by atoms with Crippen LogP contribution in [0.5, 0.6) is 11.5 Å². The van der Waals surface area contributed by atoms with Gasteiger partial charge in [-0.25, -0.2) is 0 Å². The zero-order valence-corrected chi connectivity index (χ0v) is 19.1. The maximum atomic E-state index is 13.3. The lowest BCUT2D eigenvalue weighted by Crippen LogP contribution is -2.30. The Bertz CT molecular complexity index is 1240. The van der Waals surface area contributed by atoms with Crippen molar-refractivity contribution in [3.05, 3.63) is 75.8 Å². The third kappa shape index (κ3) is 5.02. The standard InChI is InChI=1S/C24H20ClN3O4S/c25-17-5-3-16(4-6-17)24-26-22(32-27-24)9-10-23(29)28(15-19-2-1-13-33-19)18-7-8-20-21(14-18)31-12-11-30-20/h1-8,13-14H,9-12,15H2. The van der Waals surface area contributed by atoms with Crippen LogP contribution in [0, 0.1) is 0 Å². The SMILES string of the molecule is O=C(CCc1nc(-c2ccc(Cl)cc2)no1)N(Cc1cccs1)c1ccc2c(c1)OCCO2. The van der Waals surface area contributed by atoms with E-state index in [4.69, 9.17) is 25.6 Å². The fourth-order valence-electron chi connectivity index (χ4n) is 3.50. The maximum Gasteiger partial charge on any atom is 0.227 e. The summed E-state index contributed by atoms with van der Waals surface area (Å²) in [5.41, 5.74) is 1.56. The first-order chi connectivity index (χ1) is 16.2. The molecule has 2 aromatic heterocycles. The molecule has 0 aliphatic carbocycles. The minimum atomic E-state index is -0.0497. The molecular weight excluding hydrogens is 462 g/mol. The Hall–Kier alpha value is -3.36. The fourth-order valence-corrected chi connectivity index (χ4v) is 4.32. The topological polar surface area (TPSA) is 77.7 Å². The van der Waals surface area contributed by atoms with Gasteiger partial charge in [0.2, 0.25) is 17.6 Å². The highest BCUT2D eigenvalue weighted by atomic mass is 35.5. The van der Waals surface area contributed by atoms with E-state index in [0.717, 1.165) is 16.1 Å². The Morgan fingerprint density at radius 2 is 1.88 bits per heavy atom. The molecule has 0 unspecified atom stereocenters. The second-order valence-electron chi connectivity index (χ2n) is 7.41. The largest absolute Gasteiger partial charge is 0.486 e. The van der Waals surface area contributed by atoms with E-state index in [0.29, 0.717) is 54.4 Å². The Kier molecular flexibility index (Phi) is 6.28. The predicted octanol–water partition coefficient (Wildman–Crippen LogP) is 5.39. The maximum absolute atomic E-state index is 13.3. The van der Waals surface area contributed by atoms with Gasteiger partial charge in [0.05, 0.1) is 6.54 Å². The first kappa shape index (κ1) is 21.5. The number of halogens is 1. The van der Waals surface area contributed by atoms with Crippen molar-refractivity contribution in [3.8, 4) is 22.9 Å². The Labute approximate surface area is 199 Å². The van der Waals surface area contributed by atoms with Gasteiger partial charge in [0.15, 0.2) is 11.5 Å². The normalized spacial score (nSPS) is 12.5. The van der Waals surface area contributed by atoms with E-state index in [2.05, 4.69) is 10.1 Å². The third-order valence-corrected chi connectivity index (χ3v) is 6.27. The molecule has 33 heavy (non-hydrogen) atoms. The summed E-state index contributed by atoms with van der Waals surface area (Å²) >= 11 is 7.55. The molecule has 1 aliphatic rings. The average Bonchev–Trinajstić information content (AvgIpc) is 3.53. The van der Waals surface area contributed by atoms with Crippen molar-refractivity contribution in [2.45, 2.75) is 19.4 Å². The zero-order chi connectivity index (χ0) is 22.6. The van der Waals surface area contributed by atoms with Crippen LogP contribution in [0.1, 0.15) is 17.2 Å². The van der Waals surface area contributed by atoms with E-state index in [1.54, 1.807) is 28.4 Å². The number of ether oxygens (including phenoxy) is 2. The first-order valence-electron chi connectivity index (χ1n) is 10.5. The molecule has 9 heteroatoms. The number of thiophene rings is 1. The Morgan fingerprint density at radius 1 is 1.06 bits per heavy atom. The number of anilines is 1. The van der Waals surface area contributed by atoms with Crippen LogP contribution in [0.2, 0.25) is 5.02 Å². The Morgan fingerprint density at radius 3 is 2.67 bits per heavy atom. The molecule has 4 aromatic rings. The molecule has 7 nitrogen and oxygen atoms in total. The third-order valence-electron chi connectivity index (χ3n) is 5.16. The van der Waals surface area contributed by atoms with Crippen molar-refractivity contribution < 1.29 is 18.8 Å². The quantitative estimate of drug-likeness (QED) is 0.352. The van der Waals surface area contributed by atoms with E-state index in [1.165, 1.54) is 0 Å². The fraction of sp³-hybridized carbons (Fsp3) is 0.208. The van der Waals surface area contributed by atoms with Crippen LogP contribution in [0.25, 0.3) is 11.4 Å². The number of aryl methyl sites for hydroxylation is 1. The average molecular weight is 482 g/mol. The number of rotatable bonds is 7. The minimum absolute atomic E-state index is 0.0497. The van der Waals surface area contributed by atoms with Gasteiger partial charge in [-0.1, -0.05) is 22.8 Å². The highest BCUT2D eigenvalue weighted by Gasteiger charge is 2.21. The number of fused-ring (bicyclic) bond motifs is 1. The number of carbonyl (C=O) groups is 1. The monoisotopic (exact) mass is 481 g/mol. The number of carbonyl (C=O) groups excluding carboxylic acids is 1. The summed E-state index contributed by atoms with van der Waals surface area (Å²) in [6, 6.07) is 16.8. The van der Waals surface area contributed by atoms with Gasteiger partial charge in [-0.2, -0.15) is 4.98 Å². The molecule has 1 aliphatic heterocycles. The van der Waals surface area contributed by atoms with Crippen LogP contribution >= 0.6 is 22.9 Å². The molecule has 0 radical (unpaired) electrons. The molecule has 0 atom stereocenters. The molecule has 168 valence electrons. The van der Waals surface area contributed by atoms with Gasteiger partial charge < -0.3 is 18.9 Å². The summed E-state index contributed by atoms with van der Waals surface area (Å²) in [5.74, 6) is 2.16. The lowest BCUT2D eigenvalue weighted by molar-refractivity contribution is -0.118. The van der Waals surface area contributed by atoms with Crippen molar-refractivity contribution >= 4 is 34.5 Å². The van der Waals surface area contributed by atoms with Gasteiger partial charge in [0, 0.05) is 40.1 Å². The summed E-state index contributed by atoms with van der Waals surface area (Å²) in [4.78, 5) is 20.5. The van der Waals surface area contributed by atoms with E-state index in [-0.39, 0.29) is 12.3 Å². The molecule has 0 saturated heterocycles. The predicted molar refractivity (Wildman–Crippen MR) is 126 cm³/mol. The van der Waals surface area contributed by atoms with Crippen LogP contribution < -0.4 is 14.4 Å². The second-order valence-corrected chi connectivity index (χ2v) is 8.87. The van der Waals surface area contributed by atoms with Crippen LogP contribution in [0.15, 0.2) is 64.5 Å². The van der Waals surface area contributed by atoms with Crippen molar-refractivity contribution in [2.24, 2.45) is 0 Å². The number of hydrogen-bond acceptors (Lipinski definition) is 7. The molecule has 1 amide bonds. The van der Waals surface area contributed by atoms with E-state index in [9.17, 15) is 4.79 Å². The minimum Gasteiger partial charge on any atom is -0.486 e. The molecular formula is C24H20ClN3O4S. The van der Waals surface area contributed by atoms with Crippen molar-refractivity contribution in [1.29, 1.82) is 0 Å². The summed E-state index contributed by atoms with van der Waals surface area (Å²) in [6.45, 7) is 1.48. The molecule has 0 fully saturated rings. The van der Waals surface area contributed by atoms with Gasteiger partial charge in [-0.05, 0) is 47.8 Å². The summed E-state index contributed by atoms with van der Waals surface area (Å²) < 4.78 is 16.7. The van der Waals surface area contributed by atoms with Gasteiger partial charge in [-0.15, -0.1) is 11.3 Å². The van der Waals surface area contributed by atoms with Crippen LogP contribution in [0.3, 0.4) is 0 Å². The summed E-state index contributed by atoms with van der Waals surface area (Å²) in [6.07, 6.45) is 0.562. The number of hydrogen-bond donors (Lipinski definition) is 0. The van der Waals surface area contributed by atoms with Crippen molar-refractivity contribution in [2.75, 3.05) is 18.1 Å². The number of benzene rings is 2. The molecule has 2 aromatic carbocycles. The van der Waals surface area contributed by atoms with Crippen molar-refractivity contribution in [3.63, 3.8) is 0 Å². The molecule has 3 heterocycles. The van der Waals surface area contributed by atoms with E-state index in [1.807, 2.05) is 47.8 Å². The van der Waals surface area contributed by atoms with Crippen molar-refractivity contribution in [1.82, 2.24) is 10.1 Å². The number of aromatic nitrogens is 2. The highest BCUT2D eigenvalue weighted by molar-refractivity contribution is 7.09. The summed E-state index contributed by atoms with van der Waals surface area (Å²) in [5, 5.41) is 6.66. The van der Waals surface area contributed by atoms with Gasteiger partial charge in [0.25, 0.3) is 0 Å². The highest BCUT2D eigenvalue weighted by Crippen LogP contribution is 2.35. The molecule has 5 rings (SSSR count). The number of amides is 1. The van der Waals surface area contributed by atoms with Crippen LogP contribution in [-0.2, 0) is 17.8 Å². The zero-order valence-electron chi connectivity index (χ0n) is 17.6. The lowest BCUT2D eigenvalue weighted by Gasteiger charge is -2.25. The van der Waals surface area contributed by atoms with Crippen LogP contribution in [0.4, 0.5) is 5.69 Å². The molecule has 0 spiro atoms. The second kappa shape index (κ2) is 9.64. The van der Waals surface area contributed by atoms with Crippen LogP contribution in [-0.4, -0.2) is 29.3 Å². The first-order valence-corrected chi connectivity index (χ1v) is 11.7. The van der Waals surface area contributed by atoms with E-state index < -0.39 is 0 Å². The van der Waals surface area contributed by atoms with E-state index >= 15 is 0 Å². The Balaban J connectivity index is 1.32. The molecule has 0 bridgehead atoms. The van der Waals surface area contributed by atoms with Gasteiger partial charge in [-0.3, -0.25) is 4.79 Å². The molecule has 0 saturated carbocycles. The van der Waals surface area contributed by atoms with Gasteiger partial charge >= 0.3 is 0 Å². The number of nitrogens with zero attached hydrogens (tertiary/aromatic N) is 3. The smallest absolute Gasteiger partial charge is 0.227 e. The molecule has 0 N–H and O–H groups in total.